The highest BCUT2D eigenvalue weighted by atomic mass is 16.5. The molecule has 0 unspecified atom stereocenters. The van der Waals surface area contributed by atoms with Crippen molar-refractivity contribution >= 4 is 0 Å². The van der Waals surface area contributed by atoms with Crippen LogP contribution in [0.2, 0.25) is 0 Å². The lowest BCUT2D eigenvalue weighted by Gasteiger charge is -2.00. The Morgan fingerprint density at radius 1 is 1.55 bits per heavy atom. The van der Waals surface area contributed by atoms with Crippen LogP contribution in [0.5, 0.6) is 11.5 Å². The molecule has 0 fully saturated rings. The number of methoxy groups -OCH3 is 1. The van der Waals surface area contributed by atoms with Crippen molar-refractivity contribution in [3.63, 3.8) is 0 Å². The van der Waals surface area contributed by atoms with Crippen LogP contribution in [0.25, 0.3) is 0 Å². The maximum Gasteiger partial charge on any atom is 0.165 e. The van der Waals surface area contributed by atoms with E-state index >= 15 is 0 Å². The van der Waals surface area contributed by atoms with E-state index < -0.39 is 0 Å². The van der Waals surface area contributed by atoms with Crippen LogP contribution in [-0.2, 0) is 11.3 Å². The fraction of sp³-hybridized carbons (Fsp3) is 0.250. The van der Waals surface area contributed by atoms with Crippen LogP contribution in [0.3, 0.4) is 0 Å². The highest BCUT2D eigenvalue weighted by molar-refractivity contribution is 5.39. The maximum absolute atomic E-state index is 8.99. The second kappa shape index (κ2) is 3.25. The van der Waals surface area contributed by atoms with Crippen LogP contribution < -0.4 is 0 Å². The van der Waals surface area contributed by atoms with E-state index in [9.17, 15) is 0 Å². The fourth-order valence-electron chi connectivity index (χ4n) is 0.771. The van der Waals surface area contributed by atoms with Crippen molar-refractivity contribution in [2.45, 2.75) is 6.61 Å². The number of ether oxygens (including phenoxy) is 1. The molecule has 0 bridgehead atoms. The molecule has 1 aromatic rings. The molecule has 1 rings (SSSR count). The minimum absolute atomic E-state index is 0.167. The van der Waals surface area contributed by atoms with Gasteiger partial charge in [0.25, 0.3) is 0 Å². The molecule has 0 aromatic heterocycles. The Bertz CT molecular complexity index is 245. The maximum atomic E-state index is 8.99. The monoisotopic (exact) mass is 153 g/mol. The van der Waals surface area contributed by atoms with Crippen molar-refractivity contribution in [3.05, 3.63) is 23.8 Å². The summed E-state index contributed by atoms with van der Waals surface area (Å²) in [5, 5.41) is 17.9. The smallest absolute Gasteiger partial charge is 0.165 e. The molecule has 59 valence electrons. The van der Waals surface area contributed by atoms with Crippen LogP contribution in [0, 0.1) is 6.07 Å². The van der Waals surface area contributed by atoms with Crippen molar-refractivity contribution in [2.75, 3.05) is 7.11 Å². The molecule has 3 heteroatoms. The molecule has 11 heavy (non-hydrogen) atoms. The average Bonchev–Trinajstić information content (AvgIpc) is 1.98. The Kier molecular flexibility index (Phi) is 2.33. The number of phenolic OH excluding ortho intramolecular Hbond substituents is 2. The zero-order chi connectivity index (χ0) is 8.27. The molecule has 0 saturated heterocycles. The first-order chi connectivity index (χ1) is 5.24. The summed E-state index contributed by atoms with van der Waals surface area (Å²) in [5.74, 6) is -0.399. The minimum atomic E-state index is -0.232. The van der Waals surface area contributed by atoms with Gasteiger partial charge in [-0.05, 0) is 17.7 Å². The van der Waals surface area contributed by atoms with E-state index in [1.165, 1.54) is 6.07 Å². The molecule has 0 aliphatic heterocycles. The highest BCUT2D eigenvalue weighted by Gasteiger charge is 1.99. The van der Waals surface area contributed by atoms with Gasteiger partial charge in [0.1, 0.15) is 0 Å². The normalized spacial score (nSPS) is 9.91. The SMILES string of the molecule is COCc1c[c]c(O)c(O)c1. The Morgan fingerprint density at radius 2 is 2.27 bits per heavy atom. The Labute approximate surface area is 64.9 Å². The molecule has 0 aliphatic rings. The van der Waals surface area contributed by atoms with E-state index in [0.29, 0.717) is 6.61 Å². The third-order valence-electron chi connectivity index (χ3n) is 1.27. The van der Waals surface area contributed by atoms with Gasteiger partial charge in [-0.15, -0.1) is 0 Å². The van der Waals surface area contributed by atoms with Gasteiger partial charge in [-0.1, -0.05) is 0 Å². The summed E-state index contributed by atoms with van der Waals surface area (Å²) in [7, 11) is 1.56. The number of phenols is 2. The van der Waals surface area contributed by atoms with E-state index in [1.807, 2.05) is 0 Å². The van der Waals surface area contributed by atoms with Crippen molar-refractivity contribution < 1.29 is 14.9 Å². The molecule has 0 amide bonds. The molecule has 1 radical (unpaired) electrons. The number of aromatic hydroxyl groups is 2. The lowest BCUT2D eigenvalue weighted by atomic mass is 10.2. The predicted molar refractivity (Wildman–Crippen MR) is 39.3 cm³/mol. The van der Waals surface area contributed by atoms with Gasteiger partial charge in [0.05, 0.1) is 6.61 Å². The lowest BCUT2D eigenvalue weighted by molar-refractivity contribution is 0.184. The van der Waals surface area contributed by atoms with Crippen LogP contribution in [0.1, 0.15) is 5.56 Å². The van der Waals surface area contributed by atoms with Gasteiger partial charge >= 0.3 is 0 Å². The number of hydrogen-bond acceptors (Lipinski definition) is 3. The van der Waals surface area contributed by atoms with E-state index in [4.69, 9.17) is 14.9 Å². The molecular weight excluding hydrogens is 144 g/mol. The fourth-order valence-corrected chi connectivity index (χ4v) is 0.771. The summed E-state index contributed by atoms with van der Waals surface area (Å²) >= 11 is 0. The second-order valence-corrected chi connectivity index (χ2v) is 2.17. The Morgan fingerprint density at radius 3 is 2.82 bits per heavy atom. The summed E-state index contributed by atoms with van der Waals surface area (Å²) < 4.78 is 4.81. The van der Waals surface area contributed by atoms with Gasteiger partial charge in [-0.2, -0.15) is 0 Å². The average molecular weight is 153 g/mol. The summed E-state index contributed by atoms with van der Waals surface area (Å²) in [6.07, 6.45) is 0. The van der Waals surface area contributed by atoms with Gasteiger partial charge in [0.15, 0.2) is 11.5 Å². The molecule has 0 aliphatic carbocycles. The molecule has 0 spiro atoms. The van der Waals surface area contributed by atoms with Crippen molar-refractivity contribution in [1.29, 1.82) is 0 Å². The number of benzene rings is 1. The first-order valence-electron chi connectivity index (χ1n) is 3.15. The standard InChI is InChI=1S/C8H9O3/c1-11-5-6-2-3-7(9)8(10)4-6/h2,4,9-10H,5H2,1H3. The molecule has 0 heterocycles. The topological polar surface area (TPSA) is 49.7 Å². The number of hydrogen-bond donors (Lipinski definition) is 2. The second-order valence-electron chi connectivity index (χ2n) is 2.17. The molecule has 2 N–H and O–H groups in total. The van der Waals surface area contributed by atoms with E-state index in [2.05, 4.69) is 6.07 Å². The van der Waals surface area contributed by atoms with Gasteiger partial charge in [0.2, 0.25) is 0 Å². The van der Waals surface area contributed by atoms with Crippen LogP contribution in [0.15, 0.2) is 12.1 Å². The van der Waals surface area contributed by atoms with Crippen LogP contribution in [0.4, 0.5) is 0 Å². The van der Waals surface area contributed by atoms with Crippen LogP contribution in [-0.4, -0.2) is 17.3 Å². The zero-order valence-electron chi connectivity index (χ0n) is 6.16. The Balaban J connectivity index is 2.86. The van der Waals surface area contributed by atoms with E-state index in [-0.39, 0.29) is 11.5 Å². The summed E-state index contributed by atoms with van der Waals surface area (Å²) in [6, 6.07) is 5.49. The van der Waals surface area contributed by atoms with Crippen LogP contribution >= 0.6 is 0 Å². The predicted octanol–water partition coefficient (Wildman–Crippen LogP) is 1.04. The summed E-state index contributed by atoms with van der Waals surface area (Å²) in [4.78, 5) is 0. The van der Waals surface area contributed by atoms with E-state index in [1.54, 1.807) is 13.2 Å². The Hall–Kier alpha value is -1.22. The van der Waals surface area contributed by atoms with E-state index in [0.717, 1.165) is 5.56 Å². The first-order valence-corrected chi connectivity index (χ1v) is 3.15. The van der Waals surface area contributed by atoms with Crippen molar-refractivity contribution in [2.24, 2.45) is 0 Å². The third kappa shape index (κ3) is 1.85. The van der Waals surface area contributed by atoms with Gasteiger partial charge in [-0.3, -0.25) is 0 Å². The number of rotatable bonds is 2. The zero-order valence-corrected chi connectivity index (χ0v) is 6.16. The molecule has 0 saturated carbocycles. The summed E-state index contributed by atoms with van der Waals surface area (Å²) in [5.41, 5.74) is 0.780. The minimum Gasteiger partial charge on any atom is -0.504 e. The molecule has 0 atom stereocenters. The molecular formula is C8H9O3. The first kappa shape index (κ1) is 7.88. The summed E-state index contributed by atoms with van der Waals surface area (Å²) in [6.45, 7) is 0.407. The van der Waals surface area contributed by atoms with Gasteiger partial charge in [0, 0.05) is 13.2 Å². The quantitative estimate of drug-likeness (QED) is 0.624. The lowest BCUT2D eigenvalue weighted by Crippen LogP contribution is -1.86. The van der Waals surface area contributed by atoms with Crippen molar-refractivity contribution in [3.8, 4) is 11.5 Å². The molecule has 3 nitrogen and oxygen atoms in total. The highest BCUT2D eigenvalue weighted by Crippen LogP contribution is 2.24. The van der Waals surface area contributed by atoms with Crippen molar-refractivity contribution in [1.82, 2.24) is 0 Å². The van der Waals surface area contributed by atoms with Gasteiger partial charge in [-0.25, -0.2) is 0 Å². The van der Waals surface area contributed by atoms with Gasteiger partial charge < -0.3 is 14.9 Å². The molecule has 1 aromatic carbocycles. The third-order valence-corrected chi connectivity index (χ3v) is 1.27. The largest absolute Gasteiger partial charge is 0.504 e.